The number of hydrogen-bond donors (Lipinski definition) is 1. The van der Waals surface area contributed by atoms with Crippen LogP contribution in [0.15, 0.2) is 30.3 Å². The summed E-state index contributed by atoms with van der Waals surface area (Å²) in [6, 6.07) is 8.67. The minimum Gasteiger partial charge on any atom is -0.496 e. The second kappa shape index (κ2) is 4.90. The number of fused-ring (bicyclic) bond motifs is 1. The normalized spacial score (nSPS) is 20.1. The molecule has 1 aromatic carbocycles. The van der Waals surface area contributed by atoms with Gasteiger partial charge < -0.3 is 10.1 Å². The third-order valence-electron chi connectivity index (χ3n) is 3.79. The highest BCUT2D eigenvalue weighted by Crippen LogP contribution is 2.45. The number of nitrogens with zero attached hydrogens (tertiary/aromatic N) is 1. The van der Waals surface area contributed by atoms with E-state index in [1.807, 2.05) is 6.92 Å². The summed E-state index contributed by atoms with van der Waals surface area (Å²) in [5.74, 6) is 0.879. The first kappa shape index (κ1) is 14.2. The van der Waals surface area contributed by atoms with Gasteiger partial charge in [0, 0.05) is 16.1 Å². The van der Waals surface area contributed by atoms with Crippen molar-refractivity contribution in [2.75, 3.05) is 12.4 Å². The molecule has 1 N–H and O–H groups in total. The number of aromatic nitrogens is 1. The molecule has 0 fully saturated rings. The summed E-state index contributed by atoms with van der Waals surface area (Å²) >= 11 is 12.0. The fourth-order valence-electron chi connectivity index (χ4n) is 2.63. The lowest BCUT2D eigenvalue weighted by atomic mass is 9.77. The smallest absolute Gasteiger partial charge is 0.240 e. The summed E-state index contributed by atoms with van der Waals surface area (Å²) < 4.78 is 5.38. The minimum atomic E-state index is -0.927. The first-order valence-corrected chi connectivity index (χ1v) is 7.05. The lowest BCUT2D eigenvalue weighted by Crippen LogP contribution is -2.32. The molecule has 0 aliphatic carbocycles. The molecule has 0 spiro atoms. The number of nitrogens with one attached hydrogen (secondary N) is 1. The van der Waals surface area contributed by atoms with E-state index in [2.05, 4.69) is 10.3 Å². The fraction of sp³-hybridized carbons (Fsp3) is 0.200. The molecular weight excluding hydrogens is 311 g/mol. The van der Waals surface area contributed by atoms with E-state index in [-0.39, 0.29) is 5.91 Å². The fourth-order valence-corrected chi connectivity index (χ4v) is 2.95. The van der Waals surface area contributed by atoms with Crippen molar-refractivity contribution in [2.24, 2.45) is 0 Å². The maximum Gasteiger partial charge on any atom is 0.240 e. The summed E-state index contributed by atoms with van der Waals surface area (Å²) in [5.41, 5.74) is 0.513. The predicted molar refractivity (Wildman–Crippen MR) is 82.3 cm³/mol. The van der Waals surface area contributed by atoms with Gasteiger partial charge in [-0.3, -0.25) is 4.79 Å². The summed E-state index contributed by atoms with van der Waals surface area (Å²) in [7, 11) is 1.56. The summed E-state index contributed by atoms with van der Waals surface area (Å²) in [6.07, 6.45) is 0. The molecule has 6 heteroatoms. The molecule has 0 saturated carbocycles. The van der Waals surface area contributed by atoms with E-state index in [4.69, 9.17) is 27.9 Å². The Morgan fingerprint density at radius 3 is 2.67 bits per heavy atom. The third-order valence-corrected chi connectivity index (χ3v) is 4.23. The lowest BCUT2D eigenvalue weighted by Gasteiger charge is -2.25. The van der Waals surface area contributed by atoms with Gasteiger partial charge >= 0.3 is 0 Å². The van der Waals surface area contributed by atoms with Gasteiger partial charge in [0.1, 0.15) is 22.1 Å². The number of benzene rings is 1. The van der Waals surface area contributed by atoms with Gasteiger partial charge in [-0.2, -0.15) is 0 Å². The summed E-state index contributed by atoms with van der Waals surface area (Å²) in [4.78, 5) is 16.7. The first-order valence-electron chi connectivity index (χ1n) is 6.29. The molecule has 3 rings (SSSR count). The summed E-state index contributed by atoms with van der Waals surface area (Å²) in [6.45, 7) is 1.82. The molecule has 0 bridgehead atoms. The van der Waals surface area contributed by atoms with E-state index in [0.717, 1.165) is 5.56 Å². The van der Waals surface area contributed by atoms with Crippen LogP contribution in [0.1, 0.15) is 18.1 Å². The molecular formula is C15H12Cl2N2O2. The maximum atomic E-state index is 12.6. The Bertz CT molecular complexity index is 748. The minimum absolute atomic E-state index is 0.187. The average molecular weight is 323 g/mol. The molecule has 1 atom stereocenters. The molecule has 108 valence electrons. The highest BCUT2D eigenvalue weighted by atomic mass is 35.5. The van der Waals surface area contributed by atoms with E-state index in [9.17, 15) is 4.79 Å². The van der Waals surface area contributed by atoms with E-state index in [0.29, 0.717) is 27.3 Å². The van der Waals surface area contributed by atoms with Crippen LogP contribution < -0.4 is 10.1 Å². The van der Waals surface area contributed by atoms with Crippen LogP contribution in [0.2, 0.25) is 10.2 Å². The Kier molecular flexibility index (Phi) is 3.30. The van der Waals surface area contributed by atoms with Crippen molar-refractivity contribution in [3.05, 3.63) is 51.6 Å². The second-order valence-electron chi connectivity index (χ2n) is 4.95. The number of carbonyl (C=O) groups excluding carboxylic acids is 1. The van der Waals surface area contributed by atoms with Crippen LogP contribution in [0.3, 0.4) is 0 Å². The Labute approximate surface area is 132 Å². The molecule has 0 unspecified atom stereocenters. The van der Waals surface area contributed by atoms with Crippen molar-refractivity contribution in [2.45, 2.75) is 12.3 Å². The zero-order chi connectivity index (χ0) is 15.2. The average Bonchev–Trinajstić information content (AvgIpc) is 2.70. The number of ether oxygens (including phenoxy) is 1. The van der Waals surface area contributed by atoms with Gasteiger partial charge in [-0.15, -0.1) is 0 Å². The van der Waals surface area contributed by atoms with Crippen molar-refractivity contribution >= 4 is 34.9 Å². The van der Waals surface area contributed by atoms with Crippen LogP contribution in [-0.4, -0.2) is 18.0 Å². The lowest BCUT2D eigenvalue weighted by molar-refractivity contribution is -0.119. The van der Waals surface area contributed by atoms with Crippen molar-refractivity contribution < 1.29 is 9.53 Å². The zero-order valence-corrected chi connectivity index (χ0v) is 12.9. The molecule has 2 aromatic rings. The van der Waals surface area contributed by atoms with Crippen LogP contribution in [0, 0.1) is 0 Å². The van der Waals surface area contributed by atoms with Gasteiger partial charge in [0.15, 0.2) is 0 Å². The Hall–Kier alpha value is -1.78. The standard InChI is InChI=1S/C15H12Cl2N2O2/c1-15(10-7-8(16)3-5-11(10)21-2)9-4-6-12(17)18-13(9)19-14(15)20/h3-7H,1-2H3,(H,18,19,20)/t15-/m1/s1. The molecule has 1 aromatic heterocycles. The van der Waals surface area contributed by atoms with Crippen LogP contribution >= 0.6 is 23.2 Å². The molecule has 1 amide bonds. The number of amides is 1. The number of hydrogen-bond acceptors (Lipinski definition) is 3. The molecule has 0 saturated heterocycles. The highest BCUT2D eigenvalue weighted by Gasteiger charge is 2.46. The van der Waals surface area contributed by atoms with Crippen molar-refractivity contribution in [1.82, 2.24) is 4.98 Å². The molecule has 21 heavy (non-hydrogen) atoms. The van der Waals surface area contributed by atoms with Gasteiger partial charge in [-0.1, -0.05) is 29.3 Å². The summed E-state index contributed by atoms with van der Waals surface area (Å²) in [5, 5.41) is 3.63. The zero-order valence-electron chi connectivity index (χ0n) is 11.4. The van der Waals surface area contributed by atoms with Crippen LogP contribution in [0.25, 0.3) is 0 Å². The van der Waals surface area contributed by atoms with E-state index >= 15 is 0 Å². The Balaban J connectivity index is 2.27. The van der Waals surface area contributed by atoms with Gasteiger partial charge in [0.2, 0.25) is 5.91 Å². The van der Waals surface area contributed by atoms with E-state index in [1.54, 1.807) is 37.4 Å². The highest BCUT2D eigenvalue weighted by molar-refractivity contribution is 6.31. The van der Waals surface area contributed by atoms with Gasteiger partial charge in [0.05, 0.1) is 7.11 Å². The van der Waals surface area contributed by atoms with Crippen molar-refractivity contribution in [3.8, 4) is 5.75 Å². The topological polar surface area (TPSA) is 51.2 Å². The van der Waals surface area contributed by atoms with Crippen molar-refractivity contribution in [3.63, 3.8) is 0 Å². The maximum absolute atomic E-state index is 12.6. The Morgan fingerprint density at radius 1 is 1.19 bits per heavy atom. The van der Waals surface area contributed by atoms with Crippen molar-refractivity contribution in [1.29, 1.82) is 0 Å². The molecule has 1 aliphatic heterocycles. The number of methoxy groups -OCH3 is 1. The van der Waals surface area contributed by atoms with Gasteiger partial charge in [-0.25, -0.2) is 4.98 Å². The van der Waals surface area contributed by atoms with Crippen LogP contribution in [0.5, 0.6) is 5.75 Å². The molecule has 2 heterocycles. The number of anilines is 1. The molecule has 4 nitrogen and oxygen atoms in total. The van der Waals surface area contributed by atoms with Crippen LogP contribution in [-0.2, 0) is 10.2 Å². The monoisotopic (exact) mass is 322 g/mol. The number of pyridine rings is 1. The van der Waals surface area contributed by atoms with E-state index in [1.165, 1.54) is 0 Å². The first-order chi connectivity index (χ1) is 9.96. The molecule has 0 radical (unpaired) electrons. The van der Waals surface area contributed by atoms with Crippen LogP contribution in [0.4, 0.5) is 5.82 Å². The number of rotatable bonds is 2. The van der Waals surface area contributed by atoms with Gasteiger partial charge in [-0.05, 0) is 31.2 Å². The number of halogens is 2. The third kappa shape index (κ3) is 2.06. The van der Waals surface area contributed by atoms with Gasteiger partial charge in [0.25, 0.3) is 0 Å². The second-order valence-corrected chi connectivity index (χ2v) is 5.78. The predicted octanol–water partition coefficient (Wildman–Crippen LogP) is 3.66. The quantitative estimate of drug-likeness (QED) is 0.858. The largest absolute Gasteiger partial charge is 0.496 e. The SMILES string of the molecule is COc1ccc(Cl)cc1[C@]1(C)C(=O)Nc2nc(Cl)ccc21. The van der Waals surface area contributed by atoms with E-state index < -0.39 is 5.41 Å². The molecule has 1 aliphatic rings. The number of carbonyl (C=O) groups is 1. The Morgan fingerprint density at radius 2 is 1.95 bits per heavy atom.